The van der Waals surface area contributed by atoms with Crippen molar-refractivity contribution in [3.8, 4) is 0 Å². The highest BCUT2D eigenvalue weighted by atomic mass is 14.7. The van der Waals surface area contributed by atoms with Gasteiger partial charge in [0, 0.05) is 23.9 Å². The average Bonchev–Trinajstić information content (AvgIpc) is 2.84. The molecule has 1 aromatic carbocycles. The molecule has 2 N–H and O–H groups in total. The Bertz CT molecular complexity index is 522. The summed E-state index contributed by atoms with van der Waals surface area (Å²) in [5.74, 6) is 0.418. The van der Waals surface area contributed by atoms with Crippen molar-refractivity contribution in [1.82, 2.24) is 4.98 Å². The van der Waals surface area contributed by atoms with Crippen LogP contribution >= 0.6 is 0 Å². The van der Waals surface area contributed by atoms with Crippen LogP contribution in [0.1, 0.15) is 29.2 Å². The lowest BCUT2D eigenvalue weighted by atomic mass is 9.92. The largest absolute Gasteiger partial charge is 0.327 e. The van der Waals surface area contributed by atoms with Gasteiger partial charge in [-0.25, -0.2) is 0 Å². The van der Waals surface area contributed by atoms with Gasteiger partial charge in [0.25, 0.3) is 0 Å². The van der Waals surface area contributed by atoms with Crippen LogP contribution in [0.4, 0.5) is 0 Å². The SMILES string of the molecule is NC(Cc1ccccc1)C1CCc2cccnc21. The quantitative estimate of drug-likeness (QED) is 0.893. The van der Waals surface area contributed by atoms with Crippen molar-refractivity contribution < 1.29 is 0 Å². The van der Waals surface area contributed by atoms with Gasteiger partial charge >= 0.3 is 0 Å². The van der Waals surface area contributed by atoms with Crippen molar-refractivity contribution in [1.29, 1.82) is 0 Å². The van der Waals surface area contributed by atoms with Gasteiger partial charge in [0.15, 0.2) is 0 Å². The number of nitrogens with two attached hydrogens (primary N) is 1. The van der Waals surface area contributed by atoms with Gasteiger partial charge < -0.3 is 5.73 Å². The van der Waals surface area contributed by atoms with E-state index in [0.717, 1.165) is 19.3 Å². The minimum Gasteiger partial charge on any atom is -0.327 e. The minimum absolute atomic E-state index is 0.170. The molecule has 0 amide bonds. The van der Waals surface area contributed by atoms with Crippen molar-refractivity contribution in [3.05, 3.63) is 65.5 Å². The van der Waals surface area contributed by atoms with Crippen LogP contribution in [0.3, 0.4) is 0 Å². The highest BCUT2D eigenvalue weighted by Gasteiger charge is 2.28. The third-order valence-electron chi connectivity index (χ3n) is 3.83. The molecule has 3 rings (SSSR count). The Kier molecular flexibility index (Phi) is 3.11. The van der Waals surface area contributed by atoms with Crippen LogP contribution in [0, 0.1) is 0 Å². The van der Waals surface area contributed by atoms with Gasteiger partial charge in [0.05, 0.1) is 0 Å². The molecule has 0 spiro atoms. The molecule has 0 aliphatic heterocycles. The lowest BCUT2D eigenvalue weighted by Gasteiger charge is -2.19. The Hall–Kier alpha value is -1.67. The highest BCUT2D eigenvalue weighted by molar-refractivity contribution is 5.30. The van der Waals surface area contributed by atoms with Crippen molar-refractivity contribution in [2.75, 3.05) is 0 Å². The van der Waals surface area contributed by atoms with Gasteiger partial charge in [-0.1, -0.05) is 36.4 Å². The maximum absolute atomic E-state index is 6.39. The van der Waals surface area contributed by atoms with E-state index in [4.69, 9.17) is 5.73 Å². The number of rotatable bonds is 3. The van der Waals surface area contributed by atoms with Crippen LogP contribution in [0.25, 0.3) is 0 Å². The van der Waals surface area contributed by atoms with Gasteiger partial charge in [-0.2, -0.15) is 0 Å². The fraction of sp³-hybridized carbons (Fsp3) is 0.312. The lowest BCUT2D eigenvalue weighted by molar-refractivity contribution is 0.517. The van der Waals surface area contributed by atoms with E-state index in [9.17, 15) is 0 Å². The number of benzene rings is 1. The molecule has 1 aliphatic carbocycles. The molecule has 2 heteroatoms. The Balaban J connectivity index is 1.77. The molecular formula is C16H18N2. The van der Waals surface area contributed by atoms with Crippen LogP contribution in [0.5, 0.6) is 0 Å². The molecule has 0 fully saturated rings. The van der Waals surface area contributed by atoms with E-state index >= 15 is 0 Å². The first-order valence-electron chi connectivity index (χ1n) is 6.58. The van der Waals surface area contributed by atoms with E-state index < -0.39 is 0 Å². The summed E-state index contributed by atoms with van der Waals surface area (Å²) in [6.07, 6.45) is 5.07. The van der Waals surface area contributed by atoms with Crippen molar-refractivity contribution >= 4 is 0 Å². The molecule has 0 saturated heterocycles. The van der Waals surface area contributed by atoms with Crippen LogP contribution in [0.15, 0.2) is 48.7 Å². The topological polar surface area (TPSA) is 38.9 Å². The Morgan fingerprint density at radius 1 is 1.17 bits per heavy atom. The fourth-order valence-electron chi connectivity index (χ4n) is 2.89. The average molecular weight is 238 g/mol. The van der Waals surface area contributed by atoms with E-state index in [2.05, 4.69) is 35.3 Å². The third-order valence-corrected chi connectivity index (χ3v) is 3.83. The van der Waals surface area contributed by atoms with E-state index in [1.54, 1.807) is 0 Å². The molecule has 92 valence electrons. The first-order valence-corrected chi connectivity index (χ1v) is 6.58. The van der Waals surface area contributed by atoms with Crippen molar-refractivity contribution in [3.63, 3.8) is 0 Å². The van der Waals surface area contributed by atoms with Crippen LogP contribution in [0.2, 0.25) is 0 Å². The summed E-state index contributed by atoms with van der Waals surface area (Å²) in [4.78, 5) is 4.52. The predicted molar refractivity (Wildman–Crippen MR) is 73.4 cm³/mol. The molecule has 2 aromatic rings. The van der Waals surface area contributed by atoms with Gasteiger partial charge in [0.1, 0.15) is 0 Å². The Morgan fingerprint density at radius 3 is 2.83 bits per heavy atom. The Labute approximate surface area is 108 Å². The summed E-state index contributed by atoms with van der Waals surface area (Å²) in [5.41, 5.74) is 10.3. The standard InChI is InChI=1S/C16H18N2/c17-15(11-12-5-2-1-3-6-12)14-9-8-13-7-4-10-18-16(13)14/h1-7,10,14-15H,8-9,11,17H2. The van der Waals surface area contributed by atoms with E-state index in [1.807, 2.05) is 18.3 Å². The van der Waals surface area contributed by atoms with E-state index in [0.29, 0.717) is 5.92 Å². The monoisotopic (exact) mass is 238 g/mol. The number of aromatic nitrogens is 1. The molecule has 2 atom stereocenters. The Morgan fingerprint density at radius 2 is 2.00 bits per heavy atom. The zero-order valence-electron chi connectivity index (χ0n) is 10.4. The van der Waals surface area contributed by atoms with Gasteiger partial charge in [-0.05, 0) is 36.5 Å². The summed E-state index contributed by atoms with van der Waals surface area (Å²) in [7, 11) is 0. The number of aryl methyl sites for hydroxylation is 1. The molecular weight excluding hydrogens is 220 g/mol. The second-order valence-corrected chi connectivity index (χ2v) is 5.05. The molecule has 0 radical (unpaired) electrons. The van der Waals surface area contributed by atoms with Crippen molar-refractivity contribution in [2.45, 2.75) is 31.2 Å². The first-order chi connectivity index (χ1) is 8.84. The molecule has 2 unspecified atom stereocenters. The van der Waals surface area contributed by atoms with Crippen LogP contribution < -0.4 is 5.73 Å². The number of nitrogens with zero attached hydrogens (tertiary/aromatic N) is 1. The minimum atomic E-state index is 0.170. The molecule has 0 bridgehead atoms. The molecule has 2 nitrogen and oxygen atoms in total. The van der Waals surface area contributed by atoms with E-state index in [1.165, 1.54) is 16.8 Å². The lowest BCUT2D eigenvalue weighted by Crippen LogP contribution is -2.30. The summed E-state index contributed by atoms with van der Waals surface area (Å²) < 4.78 is 0. The number of fused-ring (bicyclic) bond motifs is 1. The molecule has 0 saturated carbocycles. The third kappa shape index (κ3) is 2.16. The van der Waals surface area contributed by atoms with Gasteiger partial charge in [0.2, 0.25) is 0 Å². The number of pyridine rings is 1. The second-order valence-electron chi connectivity index (χ2n) is 5.05. The summed E-state index contributed by atoms with van der Waals surface area (Å²) in [6, 6.07) is 14.8. The smallest absolute Gasteiger partial charge is 0.0482 e. The fourth-order valence-corrected chi connectivity index (χ4v) is 2.89. The molecule has 1 aromatic heterocycles. The number of hydrogen-bond acceptors (Lipinski definition) is 2. The summed E-state index contributed by atoms with van der Waals surface area (Å²) >= 11 is 0. The maximum Gasteiger partial charge on any atom is 0.0482 e. The predicted octanol–water partition coefficient (Wildman–Crippen LogP) is 2.68. The number of hydrogen-bond donors (Lipinski definition) is 1. The molecule has 18 heavy (non-hydrogen) atoms. The zero-order chi connectivity index (χ0) is 12.4. The van der Waals surface area contributed by atoms with Crippen LogP contribution in [-0.2, 0) is 12.8 Å². The first kappa shape index (κ1) is 11.4. The highest BCUT2D eigenvalue weighted by Crippen LogP contribution is 2.33. The van der Waals surface area contributed by atoms with Crippen molar-refractivity contribution in [2.24, 2.45) is 5.73 Å². The molecule has 1 aliphatic rings. The van der Waals surface area contributed by atoms with Gasteiger partial charge in [-0.3, -0.25) is 4.98 Å². The molecule has 1 heterocycles. The zero-order valence-corrected chi connectivity index (χ0v) is 10.4. The van der Waals surface area contributed by atoms with E-state index in [-0.39, 0.29) is 6.04 Å². The second kappa shape index (κ2) is 4.91. The normalized spacial score (nSPS) is 19.5. The maximum atomic E-state index is 6.39. The summed E-state index contributed by atoms with van der Waals surface area (Å²) in [6.45, 7) is 0. The van der Waals surface area contributed by atoms with Crippen LogP contribution in [-0.4, -0.2) is 11.0 Å². The van der Waals surface area contributed by atoms with Gasteiger partial charge in [-0.15, -0.1) is 0 Å². The summed E-state index contributed by atoms with van der Waals surface area (Å²) in [5, 5.41) is 0.